The molecule has 1 amide bonds. The maximum Gasteiger partial charge on any atom is 0.255 e. The molecule has 1 aromatic carbocycles. The van der Waals surface area contributed by atoms with E-state index in [1.165, 1.54) is 16.5 Å². The third-order valence-corrected chi connectivity index (χ3v) is 8.01. The number of pyridine rings is 2. The van der Waals surface area contributed by atoms with E-state index < -0.39 is 0 Å². The van der Waals surface area contributed by atoms with Crippen LogP contribution >= 0.6 is 27.3 Å². The first-order valence-corrected chi connectivity index (χ1v) is 12.9. The molecular formula is C27H20BrFN4OS. The molecule has 8 heteroatoms. The molecule has 0 N–H and O–H groups in total. The van der Waals surface area contributed by atoms with Crippen LogP contribution in [0.5, 0.6) is 0 Å². The van der Waals surface area contributed by atoms with Gasteiger partial charge in [-0.25, -0.2) is 9.37 Å². The Balaban J connectivity index is 1.49. The highest BCUT2D eigenvalue weighted by Gasteiger charge is 2.30. The lowest BCUT2D eigenvalue weighted by atomic mass is 10.00. The minimum absolute atomic E-state index is 0.00486. The van der Waals surface area contributed by atoms with Crippen LogP contribution in [0.15, 0.2) is 77.1 Å². The highest BCUT2D eigenvalue weighted by Crippen LogP contribution is 2.35. The van der Waals surface area contributed by atoms with E-state index in [0.29, 0.717) is 33.5 Å². The van der Waals surface area contributed by atoms with Crippen molar-refractivity contribution in [3.05, 3.63) is 98.9 Å². The first kappa shape index (κ1) is 22.1. The molecule has 5 aromatic rings. The van der Waals surface area contributed by atoms with Gasteiger partial charge in [-0.05, 0) is 60.7 Å². The Morgan fingerprint density at radius 1 is 1.17 bits per heavy atom. The molecule has 0 aliphatic carbocycles. The van der Waals surface area contributed by atoms with E-state index in [1.807, 2.05) is 27.5 Å². The van der Waals surface area contributed by atoms with E-state index in [4.69, 9.17) is 4.98 Å². The molecule has 0 saturated carbocycles. The zero-order valence-corrected chi connectivity index (χ0v) is 21.2. The highest BCUT2D eigenvalue weighted by molar-refractivity contribution is 9.10. The van der Waals surface area contributed by atoms with Crippen molar-refractivity contribution in [3.63, 3.8) is 0 Å². The fourth-order valence-electron chi connectivity index (χ4n) is 4.73. The Bertz CT molecular complexity index is 1580. The van der Waals surface area contributed by atoms with E-state index in [1.54, 1.807) is 48.3 Å². The number of benzene rings is 1. The largest absolute Gasteiger partial charge is 0.331 e. The smallest absolute Gasteiger partial charge is 0.255 e. The zero-order chi connectivity index (χ0) is 24.1. The van der Waals surface area contributed by atoms with E-state index in [0.717, 1.165) is 17.5 Å². The quantitative estimate of drug-likeness (QED) is 0.250. The number of aromatic nitrogens is 3. The van der Waals surface area contributed by atoms with Gasteiger partial charge in [-0.3, -0.25) is 9.78 Å². The van der Waals surface area contributed by atoms with Gasteiger partial charge in [0.05, 0.1) is 17.3 Å². The molecule has 0 fully saturated rings. The average Bonchev–Trinajstić information content (AvgIpc) is 3.51. The van der Waals surface area contributed by atoms with Crippen LogP contribution in [0, 0.1) is 5.82 Å². The Hall–Kier alpha value is -3.36. The molecule has 5 nitrogen and oxygen atoms in total. The lowest BCUT2D eigenvalue weighted by Crippen LogP contribution is -2.38. The highest BCUT2D eigenvalue weighted by atomic mass is 79.9. The van der Waals surface area contributed by atoms with Crippen molar-refractivity contribution in [2.75, 3.05) is 6.54 Å². The number of carbonyl (C=O) groups is 1. The predicted molar refractivity (Wildman–Crippen MR) is 139 cm³/mol. The summed E-state index contributed by atoms with van der Waals surface area (Å²) < 4.78 is 17.2. The number of rotatable bonds is 3. The number of carbonyl (C=O) groups excluding carboxylic acids is 1. The fraction of sp³-hybridized carbons (Fsp3) is 0.148. The molecule has 0 unspecified atom stereocenters. The Kier molecular flexibility index (Phi) is 5.50. The molecule has 4 aromatic heterocycles. The monoisotopic (exact) mass is 546 g/mol. The minimum atomic E-state index is -0.365. The van der Waals surface area contributed by atoms with Crippen LogP contribution in [0.2, 0.25) is 0 Å². The number of thiophene rings is 1. The van der Waals surface area contributed by atoms with Crippen molar-refractivity contribution < 1.29 is 9.18 Å². The van der Waals surface area contributed by atoms with Crippen LogP contribution in [0.25, 0.3) is 28.0 Å². The summed E-state index contributed by atoms with van der Waals surface area (Å²) in [5.74, 6) is -0.401. The van der Waals surface area contributed by atoms with E-state index in [2.05, 4.69) is 39.3 Å². The number of imidazole rings is 1. The lowest BCUT2D eigenvalue weighted by Gasteiger charge is -2.33. The van der Waals surface area contributed by atoms with Crippen LogP contribution < -0.4 is 0 Å². The fourth-order valence-corrected chi connectivity index (χ4v) is 6.03. The van der Waals surface area contributed by atoms with Gasteiger partial charge in [-0.2, -0.15) is 0 Å². The van der Waals surface area contributed by atoms with E-state index in [9.17, 15) is 9.18 Å². The molecule has 0 saturated heterocycles. The molecule has 1 atom stereocenters. The summed E-state index contributed by atoms with van der Waals surface area (Å²) in [5.41, 5.74) is 4.93. The van der Waals surface area contributed by atoms with E-state index in [-0.39, 0.29) is 17.8 Å². The van der Waals surface area contributed by atoms with Crippen LogP contribution in [0.1, 0.15) is 33.8 Å². The normalized spacial score (nSPS) is 15.4. The number of hydrogen-bond acceptors (Lipinski definition) is 4. The van der Waals surface area contributed by atoms with Crippen LogP contribution in [0.3, 0.4) is 0 Å². The lowest BCUT2D eigenvalue weighted by molar-refractivity contribution is 0.0679. The molecule has 174 valence electrons. The molecule has 0 radical (unpaired) electrons. The second-order valence-corrected chi connectivity index (χ2v) is 10.5. The van der Waals surface area contributed by atoms with Crippen LogP contribution in [-0.2, 0) is 6.42 Å². The van der Waals surface area contributed by atoms with Crippen molar-refractivity contribution in [1.29, 1.82) is 0 Å². The van der Waals surface area contributed by atoms with Gasteiger partial charge in [0.25, 0.3) is 5.91 Å². The standard InChI is InChI=1S/C27H20BrFN4OS/c1-16-20-7-10-35-25(20)6-9-33(16)27(34)18-11-22(17-3-2-8-30-13-17)26-31-24(15-32(26)14-18)21-5-4-19(28)12-23(21)29/h2-5,7-8,10-16H,6,9H2,1H3/t16-/m1/s1. The second-order valence-electron chi connectivity index (χ2n) is 8.59. The number of hydrogen-bond donors (Lipinski definition) is 0. The van der Waals surface area contributed by atoms with Gasteiger partial charge in [0, 0.05) is 57.4 Å². The second kappa shape index (κ2) is 8.70. The third-order valence-electron chi connectivity index (χ3n) is 6.52. The van der Waals surface area contributed by atoms with Gasteiger partial charge in [-0.15, -0.1) is 11.3 Å². The van der Waals surface area contributed by atoms with Gasteiger partial charge in [0.1, 0.15) is 11.5 Å². The molecule has 5 heterocycles. The summed E-state index contributed by atoms with van der Waals surface area (Å²) >= 11 is 5.06. The van der Waals surface area contributed by atoms with Crippen LogP contribution in [0.4, 0.5) is 4.39 Å². The Morgan fingerprint density at radius 2 is 2.06 bits per heavy atom. The predicted octanol–water partition coefficient (Wildman–Crippen LogP) is 6.79. The summed E-state index contributed by atoms with van der Waals surface area (Å²) in [6, 6.07) is 12.7. The maximum atomic E-state index is 14.7. The molecule has 35 heavy (non-hydrogen) atoms. The number of amides is 1. The van der Waals surface area contributed by atoms with Gasteiger partial charge in [0.15, 0.2) is 0 Å². The summed E-state index contributed by atoms with van der Waals surface area (Å²) in [6.07, 6.45) is 7.88. The van der Waals surface area contributed by atoms with Gasteiger partial charge in [0.2, 0.25) is 0 Å². The summed E-state index contributed by atoms with van der Waals surface area (Å²) in [5, 5.41) is 2.09. The van der Waals surface area contributed by atoms with Crippen molar-refractivity contribution in [1.82, 2.24) is 19.3 Å². The molecule has 1 aliphatic heterocycles. The van der Waals surface area contributed by atoms with Crippen molar-refractivity contribution in [3.8, 4) is 22.4 Å². The number of nitrogens with zero attached hydrogens (tertiary/aromatic N) is 4. The third kappa shape index (κ3) is 3.86. The topological polar surface area (TPSA) is 50.5 Å². The molecule has 1 aliphatic rings. The van der Waals surface area contributed by atoms with Gasteiger partial charge in [-0.1, -0.05) is 22.0 Å². The first-order chi connectivity index (χ1) is 17.0. The number of fused-ring (bicyclic) bond motifs is 2. The molecule has 6 rings (SSSR count). The first-order valence-electron chi connectivity index (χ1n) is 11.3. The van der Waals surface area contributed by atoms with E-state index >= 15 is 0 Å². The maximum absolute atomic E-state index is 14.7. The van der Waals surface area contributed by atoms with Gasteiger partial charge >= 0.3 is 0 Å². The molecular weight excluding hydrogens is 527 g/mol. The van der Waals surface area contributed by atoms with Gasteiger partial charge < -0.3 is 9.30 Å². The van der Waals surface area contributed by atoms with Crippen molar-refractivity contribution in [2.45, 2.75) is 19.4 Å². The molecule has 0 spiro atoms. The minimum Gasteiger partial charge on any atom is -0.331 e. The Labute approximate surface area is 214 Å². The Morgan fingerprint density at radius 3 is 2.86 bits per heavy atom. The summed E-state index contributed by atoms with van der Waals surface area (Å²) in [6.45, 7) is 2.75. The molecule has 0 bridgehead atoms. The SMILES string of the molecule is C[C@@H]1c2ccsc2CCN1C(=O)c1cc(-c2cccnc2)c2nc(-c3ccc(Br)cc3F)cn2c1. The van der Waals surface area contributed by atoms with Crippen LogP contribution in [-0.4, -0.2) is 31.7 Å². The average molecular weight is 547 g/mol. The van der Waals surface area contributed by atoms with Crippen molar-refractivity contribution in [2.24, 2.45) is 0 Å². The zero-order valence-electron chi connectivity index (χ0n) is 18.8. The number of halogens is 2. The van der Waals surface area contributed by atoms with Crippen molar-refractivity contribution >= 4 is 38.8 Å². The summed E-state index contributed by atoms with van der Waals surface area (Å²) in [7, 11) is 0. The summed E-state index contributed by atoms with van der Waals surface area (Å²) in [4.78, 5) is 26.0.